The fraction of sp³-hybridized carbons (Fsp3) is 0.571. The highest BCUT2D eigenvalue weighted by Crippen LogP contribution is 2.30. The number of para-hydroxylation sites is 2. The highest BCUT2D eigenvalue weighted by atomic mass is 16.2. The fourth-order valence-electron chi connectivity index (χ4n) is 4.56. The number of carbonyl (C=O) groups excluding carboxylic acids is 1. The summed E-state index contributed by atoms with van der Waals surface area (Å²) in [5.74, 6) is 0.580. The Kier molecular flexibility index (Phi) is 5.53. The van der Waals surface area contributed by atoms with Gasteiger partial charge in [0, 0.05) is 19.6 Å². The van der Waals surface area contributed by atoms with Crippen LogP contribution in [0.4, 0.5) is 4.79 Å². The Morgan fingerprint density at radius 1 is 1.19 bits per heavy atom. The Labute approximate surface area is 161 Å². The number of hydrogen-bond acceptors (Lipinski definition) is 4. The summed E-state index contributed by atoms with van der Waals surface area (Å²) in [4.78, 5) is 25.9. The van der Waals surface area contributed by atoms with E-state index < -0.39 is 0 Å². The first-order valence-electron chi connectivity index (χ1n) is 10.1. The lowest BCUT2D eigenvalue weighted by Gasteiger charge is -2.44. The maximum Gasteiger partial charge on any atom is 0.317 e. The van der Waals surface area contributed by atoms with Gasteiger partial charge in [0.15, 0.2) is 0 Å². The second-order valence-electron chi connectivity index (χ2n) is 7.89. The van der Waals surface area contributed by atoms with Crippen molar-refractivity contribution in [2.24, 2.45) is 5.92 Å². The Morgan fingerprint density at radius 2 is 2.00 bits per heavy atom. The van der Waals surface area contributed by atoms with Crippen molar-refractivity contribution >= 4 is 17.1 Å². The van der Waals surface area contributed by atoms with Crippen molar-refractivity contribution in [2.45, 2.75) is 44.7 Å². The molecule has 27 heavy (non-hydrogen) atoms. The van der Waals surface area contributed by atoms with Crippen LogP contribution in [0, 0.1) is 5.92 Å². The normalized spacial score (nSPS) is 23.0. The van der Waals surface area contributed by atoms with Crippen molar-refractivity contribution < 1.29 is 4.79 Å². The Hall–Kier alpha value is -2.21. The van der Waals surface area contributed by atoms with E-state index >= 15 is 0 Å². The predicted octanol–water partition coefficient (Wildman–Crippen LogP) is 3.04. The second kappa shape index (κ2) is 8.21. The van der Waals surface area contributed by atoms with E-state index in [1.807, 2.05) is 31.3 Å². The molecule has 144 valence electrons. The lowest BCUT2D eigenvalue weighted by molar-refractivity contribution is 0.0598. The smallest absolute Gasteiger partial charge is 0.317 e. The van der Waals surface area contributed by atoms with Crippen LogP contribution in [-0.4, -0.2) is 58.5 Å². The quantitative estimate of drug-likeness (QED) is 0.902. The fourth-order valence-corrected chi connectivity index (χ4v) is 4.56. The molecule has 1 aromatic carbocycles. The lowest BCUT2D eigenvalue weighted by Crippen LogP contribution is -2.51. The number of benzene rings is 1. The minimum absolute atomic E-state index is 0.0297. The minimum Gasteiger partial charge on any atom is -0.338 e. The largest absolute Gasteiger partial charge is 0.338 e. The molecule has 2 aliphatic rings. The number of fused-ring (bicyclic) bond motifs is 2. The molecule has 0 radical (unpaired) electrons. The van der Waals surface area contributed by atoms with E-state index in [2.05, 4.69) is 20.2 Å². The molecule has 4 rings (SSSR count). The van der Waals surface area contributed by atoms with Gasteiger partial charge in [0.05, 0.1) is 29.5 Å². The van der Waals surface area contributed by atoms with Crippen LogP contribution in [0.5, 0.6) is 0 Å². The molecule has 1 N–H and O–H groups in total. The number of carbonyl (C=O) groups is 1. The number of nitrogens with one attached hydrogen (secondary N) is 1. The maximum absolute atomic E-state index is 12.6. The Bertz CT molecular complexity index is 793. The van der Waals surface area contributed by atoms with Gasteiger partial charge >= 0.3 is 6.03 Å². The van der Waals surface area contributed by atoms with Crippen molar-refractivity contribution in [1.29, 1.82) is 0 Å². The van der Waals surface area contributed by atoms with E-state index in [4.69, 9.17) is 0 Å². The zero-order valence-corrected chi connectivity index (χ0v) is 16.1. The molecular formula is C21H29N5O. The van der Waals surface area contributed by atoms with E-state index in [0.717, 1.165) is 23.3 Å². The van der Waals surface area contributed by atoms with Gasteiger partial charge in [-0.1, -0.05) is 18.6 Å². The van der Waals surface area contributed by atoms with Crippen LogP contribution < -0.4 is 5.32 Å². The van der Waals surface area contributed by atoms with Gasteiger partial charge in [0.25, 0.3) is 0 Å². The van der Waals surface area contributed by atoms with Gasteiger partial charge in [-0.05, 0) is 56.8 Å². The molecule has 1 aromatic heterocycles. The highest BCUT2D eigenvalue weighted by Gasteiger charge is 2.33. The summed E-state index contributed by atoms with van der Waals surface area (Å²) < 4.78 is 0. The summed E-state index contributed by atoms with van der Waals surface area (Å²) in [7, 11) is 1.82. The van der Waals surface area contributed by atoms with Gasteiger partial charge in [-0.15, -0.1) is 0 Å². The van der Waals surface area contributed by atoms with Gasteiger partial charge in [0.1, 0.15) is 0 Å². The first-order chi connectivity index (χ1) is 13.2. The van der Waals surface area contributed by atoms with Crippen LogP contribution in [0.15, 0.2) is 30.5 Å². The molecule has 2 saturated heterocycles. The number of piperidine rings is 2. The third-order valence-corrected chi connectivity index (χ3v) is 5.99. The molecule has 2 atom stereocenters. The molecule has 6 nitrogen and oxygen atoms in total. The third-order valence-electron chi connectivity index (χ3n) is 5.99. The molecule has 0 unspecified atom stereocenters. The van der Waals surface area contributed by atoms with Gasteiger partial charge in [0.2, 0.25) is 0 Å². The molecule has 2 amide bonds. The molecule has 3 heterocycles. The second-order valence-corrected chi connectivity index (χ2v) is 7.89. The SMILES string of the molecule is CN(Cc1cnc2ccccc2n1)C(=O)NC[C@@H]1CCCN2CCCC[C@H]12. The minimum atomic E-state index is -0.0297. The Balaban J connectivity index is 1.32. The predicted molar refractivity (Wildman–Crippen MR) is 106 cm³/mol. The number of amides is 2. The number of hydrogen-bond donors (Lipinski definition) is 1. The van der Waals surface area contributed by atoms with E-state index in [0.29, 0.717) is 18.5 Å². The number of rotatable bonds is 4. The summed E-state index contributed by atoms with van der Waals surface area (Å²) in [6.45, 7) is 3.70. The zero-order valence-electron chi connectivity index (χ0n) is 16.1. The van der Waals surface area contributed by atoms with E-state index in [1.54, 1.807) is 11.1 Å². The molecular weight excluding hydrogens is 338 g/mol. The average Bonchev–Trinajstić information content (AvgIpc) is 2.71. The number of aromatic nitrogens is 2. The van der Waals surface area contributed by atoms with Gasteiger partial charge in [-0.3, -0.25) is 4.98 Å². The van der Waals surface area contributed by atoms with Gasteiger partial charge < -0.3 is 15.1 Å². The molecule has 0 aliphatic carbocycles. The summed E-state index contributed by atoms with van der Waals surface area (Å²) >= 11 is 0. The van der Waals surface area contributed by atoms with Crippen molar-refractivity contribution in [3.63, 3.8) is 0 Å². The van der Waals surface area contributed by atoms with Crippen molar-refractivity contribution in [1.82, 2.24) is 25.1 Å². The summed E-state index contributed by atoms with van der Waals surface area (Å²) in [6.07, 6.45) is 8.16. The Morgan fingerprint density at radius 3 is 2.89 bits per heavy atom. The van der Waals surface area contributed by atoms with E-state index in [9.17, 15) is 4.79 Å². The molecule has 6 heteroatoms. The first-order valence-corrected chi connectivity index (χ1v) is 10.1. The van der Waals surface area contributed by atoms with Crippen molar-refractivity contribution in [3.8, 4) is 0 Å². The van der Waals surface area contributed by atoms with Crippen LogP contribution in [0.1, 0.15) is 37.8 Å². The highest BCUT2D eigenvalue weighted by molar-refractivity contribution is 5.75. The maximum atomic E-state index is 12.6. The summed E-state index contributed by atoms with van der Waals surface area (Å²) in [6, 6.07) is 8.43. The third kappa shape index (κ3) is 4.21. The molecule has 2 aliphatic heterocycles. The topological polar surface area (TPSA) is 61.4 Å². The average molecular weight is 367 g/mol. The van der Waals surface area contributed by atoms with Gasteiger partial charge in [-0.2, -0.15) is 0 Å². The monoisotopic (exact) mass is 367 g/mol. The van der Waals surface area contributed by atoms with Crippen LogP contribution >= 0.6 is 0 Å². The van der Waals surface area contributed by atoms with Crippen LogP contribution in [-0.2, 0) is 6.54 Å². The number of urea groups is 1. The standard InChI is InChI=1S/C21H29N5O/c1-25(15-17-14-22-18-8-2-3-9-19(18)24-17)21(27)23-13-16-7-6-12-26-11-5-4-10-20(16)26/h2-3,8-9,14,16,20H,4-7,10-13,15H2,1H3,(H,23,27)/t16-,20+/m0/s1. The van der Waals surface area contributed by atoms with Crippen molar-refractivity contribution in [3.05, 3.63) is 36.2 Å². The molecule has 2 aromatic rings. The molecule has 0 bridgehead atoms. The number of nitrogens with zero attached hydrogens (tertiary/aromatic N) is 4. The summed E-state index contributed by atoms with van der Waals surface area (Å²) in [5, 5.41) is 3.15. The molecule has 2 fully saturated rings. The summed E-state index contributed by atoms with van der Waals surface area (Å²) in [5.41, 5.74) is 2.55. The van der Waals surface area contributed by atoms with E-state index in [1.165, 1.54) is 45.2 Å². The van der Waals surface area contributed by atoms with Crippen LogP contribution in [0.25, 0.3) is 11.0 Å². The van der Waals surface area contributed by atoms with Crippen LogP contribution in [0.2, 0.25) is 0 Å². The zero-order chi connectivity index (χ0) is 18.6. The first kappa shape index (κ1) is 18.2. The van der Waals surface area contributed by atoms with E-state index in [-0.39, 0.29) is 6.03 Å². The molecule has 0 spiro atoms. The molecule has 0 saturated carbocycles. The lowest BCUT2D eigenvalue weighted by atomic mass is 9.83. The van der Waals surface area contributed by atoms with Crippen molar-refractivity contribution in [2.75, 3.05) is 26.7 Å². The van der Waals surface area contributed by atoms with Crippen LogP contribution in [0.3, 0.4) is 0 Å². The van der Waals surface area contributed by atoms with Gasteiger partial charge in [-0.25, -0.2) is 9.78 Å².